The minimum atomic E-state index is -0.939. The lowest BCUT2D eigenvalue weighted by Gasteiger charge is -2.10. The van der Waals surface area contributed by atoms with Crippen molar-refractivity contribution in [3.63, 3.8) is 0 Å². The van der Waals surface area contributed by atoms with Crippen LogP contribution >= 0.6 is 11.6 Å². The number of carboxylic acid groups (broad SMARTS) is 1. The molecule has 1 N–H and O–H groups in total. The van der Waals surface area contributed by atoms with Crippen LogP contribution < -0.4 is 0 Å². The van der Waals surface area contributed by atoms with Crippen LogP contribution in [-0.4, -0.2) is 11.1 Å². The first-order chi connectivity index (χ1) is 8.49. The smallest absolute Gasteiger partial charge is 0.336 e. The van der Waals surface area contributed by atoms with Crippen LogP contribution in [0, 0.1) is 13.8 Å². The van der Waals surface area contributed by atoms with Gasteiger partial charge in [-0.1, -0.05) is 41.4 Å². The SMILES string of the molecule is Cc1ccc(-c2ccc(C)cc2C(=O)O)c(Cl)c1. The number of rotatable bonds is 2. The topological polar surface area (TPSA) is 37.3 Å². The minimum Gasteiger partial charge on any atom is -0.478 e. The van der Waals surface area contributed by atoms with Crippen molar-refractivity contribution < 1.29 is 9.90 Å². The Morgan fingerprint density at radius 3 is 2.11 bits per heavy atom. The summed E-state index contributed by atoms with van der Waals surface area (Å²) in [5.74, 6) is -0.939. The first kappa shape index (κ1) is 12.7. The van der Waals surface area contributed by atoms with E-state index in [9.17, 15) is 9.90 Å². The second-order valence-electron chi connectivity index (χ2n) is 4.34. The molecule has 92 valence electrons. The van der Waals surface area contributed by atoms with Gasteiger partial charge in [0, 0.05) is 10.6 Å². The molecule has 2 aromatic carbocycles. The zero-order valence-corrected chi connectivity index (χ0v) is 11.0. The van der Waals surface area contributed by atoms with E-state index in [1.807, 2.05) is 38.1 Å². The molecule has 18 heavy (non-hydrogen) atoms. The molecule has 0 aliphatic heterocycles. The van der Waals surface area contributed by atoms with Crippen LogP contribution in [-0.2, 0) is 0 Å². The molecule has 0 aliphatic rings. The van der Waals surface area contributed by atoms with Gasteiger partial charge in [0.05, 0.1) is 5.56 Å². The summed E-state index contributed by atoms with van der Waals surface area (Å²) in [4.78, 5) is 11.3. The standard InChI is InChI=1S/C15H13ClO2/c1-9-3-5-11(13(7-9)15(17)18)12-6-4-10(2)8-14(12)16/h3-8H,1-2H3,(H,17,18). The zero-order chi connectivity index (χ0) is 13.3. The molecule has 0 fully saturated rings. The van der Waals surface area contributed by atoms with Crippen molar-refractivity contribution >= 4 is 17.6 Å². The van der Waals surface area contributed by atoms with Gasteiger partial charge in [-0.2, -0.15) is 0 Å². The van der Waals surface area contributed by atoms with E-state index >= 15 is 0 Å². The van der Waals surface area contributed by atoms with Gasteiger partial charge >= 0.3 is 5.97 Å². The average Bonchev–Trinajstić information content (AvgIpc) is 2.29. The Morgan fingerprint density at radius 1 is 1.00 bits per heavy atom. The molecule has 0 aromatic heterocycles. The van der Waals surface area contributed by atoms with Crippen LogP contribution in [0.2, 0.25) is 5.02 Å². The Hall–Kier alpha value is -1.80. The fourth-order valence-electron chi connectivity index (χ4n) is 1.91. The molecule has 0 bridgehead atoms. The van der Waals surface area contributed by atoms with Gasteiger partial charge in [-0.3, -0.25) is 0 Å². The van der Waals surface area contributed by atoms with Crippen molar-refractivity contribution in [1.82, 2.24) is 0 Å². The number of aromatic carboxylic acids is 1. The molecule has 0 spiro atoms. The summed E-state index contributed by atoms with van der Waals surface area (Å²) < 4.78 is 0. The highest BCUT2D eigenvalue weighted by Gasteiger charge is 2.14. The molecular weight excluding hydrogens is 248 g/mol. The highest BCUT2D eigenvalue weighted by molar-refractivity contribution is 6.33. The van der Waals surface area contributed by atoms with Crippen LogP contribution in [0.3, 0.4) is 0 Å². The van der Waals surface area contributed by atoms with Crippen molar-refractivity contribution in [3.8, 4) is 11.1 Å². The monoisotopic (exact) mass is 260 g/mol. The first-order valence-electron chi connectivity index (χ1n) is 5.59. The molecule has 0 heterocycles. The van der Waals surface area contributed by atoms with Gasteiger partial charge in [-0.05, 0) is 37.1 Å². The van der Waals surface area contributed by atoms with Gasteiger partial charge in [0.15, 0.2) is 0 Å². The second kappa shape index (κ2) is 4.83. The summed E-state index contributed by atoms with van der Waals surface area (Å²) in [6.07, 6.45) is 0. The van der Waals surface area contributed by atoms with Crippen molar-refractivity contribution in [1.29, 1.82) is 0 Å². The van der Waals surface area contributed by atoms with Crippen molar-refractivity contribution in [3.05, 3.63) is 58.1 Å². The normalized spacial score (nSPS) is 10.4. The van der Waals surface area contributed by atoms with E-state index in [1.165, 1.54) is 0 Å². The summed E-state index contributed by atoms with van der Waals surface area (Å²) in [5.41, 5.74) is 3.64. The van der Waals surface area contributed by atoms with E-state index in [4.69, 9.17) is 11.6 Å². The maximum atomic E-state index is 11.3. The highest BCUT2D eigenvalue weighted by Crippen LogP contribution is 2.31. The number of carboxylic acids is 1. The minimum absolute atomic E-state index is 0.278. The lowest BCUT2D eigenvalue weighted by molar-refractivity contribution is 0.0697. The predicted octanol–water partition coefficient (Wildman–Crippen LogP) is 4.32. The first-order valence-corrected chi connectivity index (χ1v) is 5.97. The predicted molar refractivity (Wildman–Crippen MR) is 73.3 cm³/mol. The summed E-state index contributed by atoms with van der Waals surface area (Å²) in [6, 6.07) is 11.0. The average molecular weight is 261 g/mol. The molecular formula is C15H13ClO2. The van der Waals surface area contributed by atoms with E-state index in [1.54, 1.807) is 12.1 Å². The fraction of sp³-hybridized carbons (Fsp3) is 0.133. The third-order valence-corrected chi connectivity index (χ3v) is 3.13. The Balaban J connectivity index is 2.67. The quantitative estimate of drug-likeness (QED) is 0.873. The Kier molecular flexibility index (Phi) is 3.39. The number of carbonyl (C=O) groups is 1. The molecule has 0 unspecified atom stereocenters. The molecule has 3 heteroatoms. The lowest BCUT2D eigenvalue weighted by Crippen LogP contribution is -2.00. The lowest BCUT2D eigenvalue weighted by atomic mass is 9.97. The van der Waals surface area contributed by atoms with E-state index in [0.717, 1.165) is 16.7 Å². The van der Waals surface area contributed by atoms with Crippen molar-refractivity contribution in [2.75, 3.05) is 0 Å². The number of benzene rings is 2. The maximum Gasteiger partial charge on any atom is 0.336 e. The molecule has 0 saturated heterocycles. The number of hydrogen-bond acceptors (Lipinski definition) is 1. The highest BCUT2D eigenvalue weighted by atomic mass is 35.5. The molecule has 0 amide bonds. The van der Waals surface area contributed by atoms with Crippen LogP contribution in [0.4, 0.5) is 0 Å². The van der Waals surface area contributed by atoms with Gasteiger partial charge < -0.3 is 5.11 Å². The molecule has 0 aliphatic carbocycles. The van der Waals surface area contributed by atoms with Crippen LogP contribution in [0.15, 0.2) is 36.4 Å². The molecule has 0 saturated carbocycles. The molecule has 2 nitrogen and oxygen atoms in total. The molecule has 2 rings (SSSR count). The molecule has 0 radical (unpaired) electrons. The van der Waals surface area contributed by atoms with E-state index in [0.29, 0.717) is 10.6 Å². The van der Waals surface area contributed by atoms with Crippen LogP contribution in [0.5, 0.6) is 0 Å². The largest absolute Gasteiger partial charge is 0.478 e. The summed E-state index contributed by atoms with van der Waals surface area (Å²) in [7, 11) is 0. The van der Waals surface area contributed by atoms with Gasteiger partial charge in [0.1, 0.15) is 0 Å². The summed E-state index contributed by atoms with van der Waals surface area (Å²) >= 11 is 6.19. The van der Waals surface area contributed by atoms with Gasteiger partial charge in [0.2, 0.25) is 0 Å². The molecule has 2 aromatic rings. The van der Waals surface area contributed by atoms with Crippen molar-refractivity contribution in [2.24, 2.45) is 0 Å². The number of halogens is 1. The van der Waals surface area contributed by atoms with E-state index in [-0.39, 0.29) is 5.56 Å². The number of hydrogen-bond donors (Lipinski definition) is 1. The van der Waals surface area contributed by atoms with Crippen LogP contribution in [0.1, 0.15) is 21.5 Å². The Labute approximate surface area is 111 Å². The van der Waals surface area contributed by atoms with E-state index in [2.05, 4.69) is 0 Å². The van der Waals surface area contributed by atoms with Gasteiger partial charge in [-0.25, -0.2) is 4.79 Å². The van der Waals surface area contributed by atoms with E-state index < -0.39 is 5.97 Å². The second-order valence-corrected chi connectivity index (χ2v) is 4.74. The van der Waals surface area contributed by atoms with Gasteiger partial charge in [-0.15, -0.1) is 0 Å². The van der Waals surface area contributed by atoms with Gasteiger partial charge in [0.25, 0.3) is 0 Å². The fourth-order valence-corrected chi connectivity index (χ4v) is 2.25. The Bertz CT molecular complexity index is 618. The number of aryl methyl sites for hydroxylation is 2. The zero-order valence-electron chi connectivity index (χ0n) is 10.2. The summed E-state index contributed by atoms with van der Waals surface area (Å²) in [6.45, 7) is 3.82. The van der Waals surface area contributed by atoms with Crippen LogP contribution in [0.25, 0.3) is 11.1 Å². The third-order valence-electron chi connectivity index (χ3n) is 2.82. The summed E-state index contributed by atoms with van der Waals surface area (Å²) in [5, 5.41) is 9.82. The maximum absolute atomic E-state index is 11.3. The molecule has 0 atom stereocenters. The Morgan fingerprint density at radius 2 is 1.56 bits per heavy atom. The van der Waals surface area contributed by atoms with Crippen molar-refractivity contribution in [2.45, 2.75) is 13.8 Å². The third kappa shape index (κ3) is 2.39.